The van der Waals surface area contributed by atoms with Gasteiger partial charge in [0, 0.05) is 112 Å². The van der Waals surface area contributed by atoms with Crippen LogP contribution < -0.4 is 27.7 Å². The standard InChI is InChI=1S/C11H10O5.C7H8O.4CH5N.5W/c1-4-2-5-6-3-7(8(5)11(14)15-4)10(13)16-9(6)12;1-8-7-5-3-2-4-6-7;4*1-2;;;;;/h5-8H,1-3H2;2-6H,1H3;4*2H2,1H3;;;;;. The largest absolute Gasteiger partial charge is 0.497 e. The number of benzene rings is 1. The van der Waals surface area contributed by atoms with Crippen LogP contribution in [0.2, 0.25) is 0 Å². The molecule has 212 valence electrons. The average Bonchev–Trinajstić information content (AvgIpc) is 3.21. The molecule has 4 unspecified atom stereocenters. The maximum absolute atomic E-state index is 11.7. The maximum Gasteiger partial charge on any atom is 0.317 e. The van der Waals surface area contributed by atoms with Crippen molar-refractivity contribution >= 4 is 17.9 Å². The molecule has 10 nitrogen and oxygen atoms in total. The molecule has 2 saturated heterocycles. The third kappa shape index (κ3) is 17.2. The van der Waals surface area contributed by atoms with Gasteiger partial charge < -0.3 is 37.1 Å². The van der Waals surface area contributed by atoms with Crippen LogP contribution in [0.5, 0.6) is 5.75 Å². The Bertz CT molecular complexity index is 720. The Labute approximate surface area is 292 Å². The van der Waals surface area contributed by atoms with Gasteiger partial charge in [-0.1, -0.05) is 24.8 Å². The Morgan fingerprint density at radius 1 is 0.730 bits per heavy atom. The van der Waals surface area contributed by atoms with Crippen LogP contribution in [0.25, 0.3) is 0 Å². The van der Waals surface area contributed by atoms with Crippen molar-refractivity contribution in [1.29, 1.82) is 0 Å². The quantitative estimate of drug-likeness (QED) is 0.227. The molecule has 1 saturated carbocycles. The first-order chi connectivity index (χ1) is 15.5. The van der Waals surface area contributed by atoms with Gasteiger partial charge in [-0.3, -0.25) is 14.4 Å². The number of hydrogen-bond acceptors (Lipinski definition) is 10. The van der Waals surface area contributed by atoms with Crippen LogP contribution in [0.15, 0.2) is 42.7 Å². The molecule has 37 heavy (non-hydrogen) atoms. The molecule has 0 amide bonds. The number of allylic oxidation sites excluding steroid dienone is 1. The number of methoxy groups -OCH3 is 1. The summed E-state index contributed by atoms with van der Waals surface area (Å²) >= 11 is 0. The Kier molecular flexibility index (Phi) is 47.8. The predicted molar refractivity (Wildman–Crippen MR) is 123 cm³/mol. The van der Waals surface area contributed by atoms with Gasteiger partial charge in [-0.15, -0.1) is 0 Å². The SMILES string of the molecule is C=C1CC2C3CC(C(=O)OC3=O)C2C(=O)O1.CN.CN.CN.CN.COc1ccccc1.[W].[W].[W].[W].[W]. The summed E-state index contributed by atoms with van der Waals surface area (Å²) in [6.45, 7) is 3.60. The molecule has 8 N–H and O–H groups in total. The van der Waals surface area contributed by atoms with Crippen LogP contribution >= 0.6 is 0 Å². The number of hydrogen-bond donors (Lipinski definition) is 4. The zero-order valence-corrected chi connectivity index (χ0v) is 36.3. The number of cyclic esters (lactones) is 3. The third-order valence-corrected chi connectivity index (χ3v) is 4.69. The molecule has 3 fully saturated rings. The molecule has 2 bridgehead atoms. The van der Waals surface area contributed by atoms with Gasteiger partial charge in [-0.05, 0) is 52.7 Å². The number of rotatable bonds is 1. The summed E-state index contributed by atoms with van der Waals surface area (Å²) < 4.78 is 14.5. The van der Waals surface area contributed by atoms with E-state index >= 15 is 0 Å². The van der Waals surface area contributed by atoms with Crippen molar-refractivity contribution in [2.24, 2.45) is 46.6 Å². The smallest absolute Gasteiger partial charge is 0.317 e. The fourth-order valence-electron chi connectivity index (χ4n) is 3.59. The third-order valence-electron chi connectivity index (χ3n) is 4.69. The summed E-state index contributed by atoms with van der Waals surface area (Å²) in [5.41, 5.74) is 18.0. The van der Waals surface area contributed by atoms with Crippen LogP contribution in [-0.2, 0) is 129 Å². The van der Waals surface area contributed by atoms with Gasteiger partial charge in [-0.25, -0.2) is 0 Å². The molecule has 4 rings (SSSR count). The van der Waals surface area contributed by atoms with Gasteiger partial charge in [0.05, 0.1) is 24.9 Å². The summed E-state index contributed by atoms with van der Waals surface area (Å²) in [5.74, 6) is -1.79. The van der Waals surface area contributed by atoms with Crippen LogP contribution in [0.1, 0.15) is 12.8 Å². The number of nitrogens with two attached hydrogens (primary N) is 4. The topological polar surface area (TPSA) is 183 Å². The summed E-state index contributed by atoms with van der Waals surface area (Å²) in [5, 5.41) is 0. The van der Waals surface area contributed by atoms with Crippen LogP contribution in [0, 0.1) is 23.7 Å². The molecule has 1 aromatic rings. The molecule has 15 heteroatoms. The fraction of sp³-hybridized carbons (Fsp3) is 0.500. The second kappa shape index (κ2) is 32.9. The van der Waals surface area contributed by atoms with E-state index in [4.69, 9.17) is 9.47 Å². The van der Waals surface area contributed by atoms with E-state index < -0.39 is 29.7 Å². The van der Waals surface area contributed by atoms with E-state index in [9.17, 15) is 14.4 Å². The second-order valence-electron chi connectivity index (χ2n) is 6.06. The van der Waals surface area contributed by atoms with Gasteiger partial charge in [0.15, 0.2) is 0 Å². The molecular formula is C22H38N4O6W5. The minimum atomic E-state index is -0.585. The van der Waals surface area contributed by atoms with Crippen molar-refractivity contribution < 1.29 is 134 Å². The van der Waals surface area contributed by atoms with E-state index in [1.54, 1.807) is 7.11 Å². The minimum absolute atomic E-state index is 0. The first-order valence-corrected chi connectivity index (χ1v) is 10.1. The molecule has 0 radical (unpaired) electrons. The van der Waals surface area contributed by atoms with E-state index in [1.165, 1.54) is 28.2 Å². The van der Waals surface area contributed by atoms with Gasteiger partial charge >= 0.3 is 17.9 Å². The second-order valence-corrected chi connectivity index (χ2v) is 6.06. The van der Waals surface area contributed by atoms with Gasteiger partial charge in [0.2, 0.25) is 0 Å². The molecular weight excluding hydrogens is 1340 g/mol. The zero-order valence-electron chi connectivity index (χ0n) is 21.6. The Hall–Kier alpha value is 0.652. The molecule has 3 aliphatic rings. The van der Waals surface area contributed by atoms with Crippen molar-refractivity contribution in [2.75, 3.05) is 35.3 Å². The van der Waals surface area contributed by atoms with Crippen molar-refractivity contribution in [1.82, 2.24) is 0 Å². The molecule has 1 aliphatic carbocycles. The number of carbonyl (C=O) groups is 3. The van der Waals surface area contributed by atoms with E-state index in [-0.39, 0.29) is 117 Å². The van der Waals surface area contributed by atoms with Crippen LogP contribution in [-0.4, -0.2) is 53.2 Å². The number of ether oxygens (including phenoxy) is 3. The molecule has 2 aliphatic heterocycles. The van der Waals surface area contributed by atoms with Crippen LogP contribution in [0.4, 0.5) is 0 Å². The van der Waals surface area contributed by atoms with Crippen molar-refractivity contribution in [3.05, 3.63) is 42.7 Å². The first kappa shape index (κ1) is 53.8. The first-order valence-electron chi connectivity index (χ1n) is 10.1. The van der Waals surface area contributed by atoms with Crippen molar-refractivity contribution in [3.8, 4) is 5.75 Å². The van der Waals surface area contributed by atoms with Crippen molar-refractivity contribution in [2.45, 2.75) is 12.8 Å². The normalized spacial score (nSPS) is 20.5. The molecule has 0 spiro atoms. The fourth-order valence-corrected chi connectivity index (χ4v) is 3.59. The number of esters is 3. The van der Waals surface area contributed by atoms with Gasteiger partial charge in [0.1, 0.15) is 11.5 Å². The molecule has 2 heterocycles. The number of para-hydroxylation sites is 1. The van der Waals surface area contributed by atoms with E-state index in [0.717, 1.165) is 5.75 Å². The summed E-state index contributed by atoms with van der Waals surface area (Å²) in [6.07, 6.45) is 0.870. The summed E-state index contributed by atoms with van der Waals surface area (Å²) in [7, 11) is 7.66. The zero-order chi connectivity index (χ0) is 25.3. The van der Waals surface area contributed by atoms with E-state index in [0.29, 0.717) is 18.6 Å². The molecule has 4 atom stereocenters. The Balaban J connectivity index is -0.0000000748. The molecule has 0 aromatic heterocycles. The van der Waals surface area contributed by atoms with E-state index in [1.807, 2.05) is 30.3 Å². The van der Waals surface area contributed by atoms with E-state index in [2.05, 4.69) is 34.3 Å². The van der Waals surface area contributed by atoms with Gasteiger partial charge in [0.25, 0.3) is 0 Å². The number of carbonyl (C=O) groups excluding carboxylic acids is 3. The predicted octanol–water partition coefficient (Wildman–Crippen LogP) is 0.381. The maximum atomic E-state index is 11.7. The number of fused-ring (bicyclic) bond motifs is 5. The monoisotopic (exact) mass is 1370 g/mol. The van der Waals surface area contributed by atoms with Crippen LogP contribution in [0.3, 0.4) is 0 Å². The summed E-state index contributed by atoms with van der Waals surface area (Å²) in [4.78, 5) is 34.7. The Morgan fingerprint density at radius 2 is 1.16 bits per heavy atom. The minimum Gasteiger partial charge on any atom is -0.497 e. The van der Waals surface area contributed by atoms with Gasteiger partial charge in [-0.2, -0.15) is 0 Å². The Morgan fingerprint density at radius 3 is 1.57 bits per heavy atom. The van der Waals surface area contributed by atoms with Crippen molar-refractivity contribution in [3.63, 3.8) is 0 Å². The summed E-state index contributed by atoms with van der Waals surface area (Å²) in [6, 6.07) is 9.68. The molecule has 1 aromatic carbocycles. The average molecular weight is 1370 g/mol.